The van der Waals surface area contributed by atoms with Crippen molar-refractivity contribution in [2.75, 3.05) is 10.6 Å². The topological polar surface area (TPSA) is 66.9 Å². The Labute approximate surface area is 157 Å². The molecular weight excluding hydrogens is 348 g/mol. The molecule has 0 unspecified atom stereocenters. The summed E-state index contributed by atoms with van der Waals surface area (Å²) in [5.41, 5.74) is 4.17. The van der Waals surface area contributed by atoms with E-state index in [1.165, 1.54) is 0 Å². The van der Waals surface area contributed by atoms with Gasteiger partial charge in [-0.15, -0.1) is 0 Å². The number of ketones is 1. The Kier molecular flexibility index (Phi) is 5.19. The molecule has 0 saturated heterocycles. The molecule has 2 aromatic carbocycles. The number of hydrogen-bond acceptors (Lipinski definition) is 5. The standard InChI is InChI=1S/C20H19ClN4O/c1-12-9-16(21)7-8-18(12)24-19-10-13(2)22-20(25-19)23-17-6-4-5-15(11-17)14(3)26/h4-11H,1-3H3,(H2,22,23,24,25). The van der Waals surface area contributed by atoms with E-state index in [1.807, 2.05) is 50.2 Å². The van der Waals surface area contributed by atoms with Gasteiger partial charge in [0.05, 0.1) is 0 Å². The van der Waals surface area contributed by atoms with Crippen LogP contribution in [0.1, 0.15) is 28.5 Å². The second kappa shape index (κ2) is 7.54. The van der Waals surface area contributed by atoms with Crippen molar-refractivity contribution in [1.82, 2.24) is 9.97 Å². The molecule has 2 N–H and O–H groups in total. The monoisotopic (exact) mass is 366 g/mol. The fraction of sp³-hybridized carbons (Fsp3) is 0.150. The number of benzene rings is 2. The third-order valence-electron chi connectivity index (χ3n) is 3.83. The summed E-state index contributed by atoms with van der Waals surface area (Å²) in [5.74, 6) is 1.15. The van der Waals surface area contributed by atoms with Gasteiger partial charge in [0.1, 0.15) is 5.82 Å². The second-order valence-corrected chi connectivity index (χ2v) is 6.50. The third-order valence-corrected chi connectivity index (χ3v) is 4.07. The number of carbonyl (C=O) groups is 1. The quantitative estimate of drug-likeness (QED) is 0.589. The number of Topliss-reactive ketones (excluding diaryl/α,β-unsaturated/α-hetero) is 1. The molecule has 132 valence electrons. The molecule has 0 bridgehead atoms. The van der Waals surface area contributed by atoms with Gasteiger partial charge in [0.25, 0.3) is 0 Å². The number of halogens is 1. The van der Waals surface area contributed by atoms with Crippen molar-refractivity contribution in [3.63, 3.8) is 0 Å². The molecule has 0 aliphatic heterocycles. The first-order valence-corrected chi connectivity index (χ1v) is 8.55. The number of rotatable bonds is 5. The maximum absolute atomic E-state index is 11.5. The minimum Gasteiger partial charge on any atom is -0.340 e. The smallest absolute Gasteiger partial charge is 0.229 e. The summed E-state index contributed by atoms with van der Waals surface area (Å²) < 4.78 is 0. The number of aryl methyl sites for hydroxylation is 2. The summed E-state index contributed by atoms with van der Waals surface area (Å²) in [5, 5.41) is 7.14. The van der Waals surface area contributed by atoms with Crippen LogP contribution >= 0.6 is 11.6 Å². The summed E-state index contributed by atoms with van der Waals surface area (Å²) in [6.07, 6.45) is 0. The van der Waals surface area contributed by atoms with Crippen LogP contribution in [-0.2, 0) is 0 Å². The van der Waals surface area contributed by atoms with E-state index >= 15 is 0 Å². The molecule has 0 aliphatic rings. The molecule has 26 heavy (non-hydrogen) atoms. The number of hydrogen-bond donors (Lipinski definition) is 2. The van der Waals surface area contributed by atoms with Crippen LogP contribution in [0.5, 0.6) is 0 Å². The Hall–Kier alpha value is -2.92. The number of carbonyl (C=O) groups excluding carboxylic acids is 1. The van der Waals surface area contributed by atoms with Crippen molar-refractivity contribution in [1.29, 1.82) is 0 Å². The van der Waals surface area contributed by atoms with Gasteiger partial charge in [-0.05, 0) is 56.7 Å². The summed E-state index contributed by atoms with van der Waals surface area (Å²) in [4.78, 5) is 20.5. The van der Waals surface area contributed by atoms with E-state index < -0.39 is 0 Å². The fourth-order valence-corrected chi connectivity index (χ4v) is 2.77. The molecule has 0 fully saturated rings. The lowest BCUT2D eigenvalue weighted by atomic mass is 10.1. The van der Waals surface area contributed by atoms with Crippen LogP contribution in [0.25, 0.3) is 0 Å². The molecule has 1 heterocycles. The van der Waals surface area contributed by atoms with Crippen LogP contribution in [-0.4, -0.2) is 15.8 Å². The normalized spacial score (nSPS) is 10.5. The Morgan fingerprint density at radius 3 is 2.54 bits per heavy atom. The molecule has 0 atom stereocenters. The molecule has 6 heteroatoms. The first-order valence-electron chi connectivity index (χ1n) is 8.17. The minimum atomic E-state index is 0.0133. The van der Waals surface area contributed by atoms with Crippen molar-refractivity contribution in [3.8, 4) is 0 Å². The summed E-state index contributed by atoms with van der Waals surface area (Å²) in [6, 6.07) is 14.8. The zero-order valence-electron chi connectivity index (χ0n) is 14.8. The lowest BCUT2D eigenvalue weighted by molar-refractivity contribution is 0.101. The maximum Gasteiger partial charge on any atom is 0.229 e. The highest BCUT2D eigenvalue weighted by atomic mass is 35.5. The lowest BCUT2D eigenvalue weighted by Crippen LogP contribution is -2.03. The Balaban J connectivity index is 1.85. The summed E-state index contributed by atoms with van der Waals surface area (Å²) in [7, 11) is 0. The highest BCUT2D eigenvalue weighted by Crippen LogP contribution is 2.24. The van der Waals surface area contributed by atoms with Crippen LogP contribution in [0.2, 0.25) is 5.02 Å². The van der Waals surface area contributed by atoms with Crippen LogP contribution < -0.4 is 10.6 Å². The van der Waals surface area contributed by atoms with E-state index in [1.54, 1.807) is 19.1 Å². The van der Waals surface area contributed by atoms with E-state index in [4.69, 9.17) is 11.6 Å². The van der Waals surface area contributed by atoms with Crippen LogP contribution in [0.15, 0.2) is 48.5 Å². The molecule has 0 saturated carbocycles. The van der Waals surface area contributed by atoms with Crippen molar-refractivity contribution in [3.05, 3.63) is 70.4 Å². The Bertz CT molecular complexity index is 972. The Morgan fingerprint density at radius 2 is 1.81 bits per heavy atom. The van der Waals surface area contributed by atoms with Gasteiger partial charge in [0.15, 0.2) is 5.78 Å². The predicted molar refractivity (Wildman–Crippen MR) is 106 cm³/mol. The number of anilines is 4. The van der Waals surface area contributed by atoms with Gasteiger partial charge in [-0.3, -0.25) is 4.79 Å². The second-order valence-electron chi connectivity index (χ2n) is 6.06. The van der Waals surface area contributed by atoms with Gasteiger partial charge in [0.2, 0.25) is 5.95 Å². The first-order chi connectivity index (χ1) is 12.4. The number of aromatic nitrogens is 2. The van der Waals surface area contributed by atoms with Crippen molar-refractivity contribution in [2.45, 2.75) is 20.8 Å². The van der Waals surface area contributed by atoms with Gasteiger partial charge in [-0.1, -0.05) is 23.7 Å². The largest absolute Gasteiger partial charge is 0.340 e. The van der Waals surface area contributed by atoms with Crippen LogP contribution in [0, 0.1) is 13.8 Å². The SMILES string of the molecule is CC(=O)c1cccc(Nc2nc(C)cc(Nc3ccc(Cl)cc3C)n2)c1. The molecule has 0 aliphatic carbocycles. The lowest BCUT2D eigenvalue weighted by Gasteiger charge is -2.12. The predicted octanol–water partition coefficient (Wildman–Crippen LogP) is 5.44. The van der Waals surface area contributed by atoms with Crippen molar-refractivity contribution < 1.29 is 4.79 Å². The molecule has 0 radical (unpaired) electrons. The average Bonchev–Trinajstić information content (AvgIpc) is 2.57. The van der Waals surface area contributed by atoms with E-state index in [-0.39, 0.29) is 5.78 Å². The average molecular weight is 367 g/mol. The zero-order valence-corrected chi connectivity index (χ0v) is 15.6. The summed E-state index contributed by atoms with van der Waals surface area (Å²) >= 11 is 6.01. The zero-order chi connectivity index (χ0) is 18.7. The number of nitrogens with zero attached hydrogens (tertiary/aromatic N) is 2. The van der Waals surface area contributed by atoms with Crippen LogP contribution in [0.3, 0.4) is 0 Å². The van der Waals surface area contributed by atoms with E-state index in [0.29, 0.717) is 22.4 Å². The fourth-order valence-electron chi connectivity index (χ4n) is 2.54. The van der Waals surface area contributed by atoms with Gasteiger partial charge in [-0.2, -0.15) is 4.98 Å². The van der Waals surface area contributed by atoms with E-state index in [2.05, 4.69) is 20.6 Å². The molecule has 5 nitrogen and oxygen atoms in total. The molecule has 3 aromatic rings. The van der Waals surface area contributed by atoms with Gasteiger partial charge in [-0.25, -0.2) is 4.98 Å². The molecule has 0 spiro atoms. The van der Waals surface area contributed by atoms with Crippen molar-refractivity contribution in [2.24, 2.45) is 0 Å². The molecule has 1 aromatic heterocycles. The van der Waals surface area contributed by atoms with Gasteiger partial charge < -0.3 is 10.6 Å². The van der Waals surface area contributed by atoms with E-state index in [9.17, 15) is 4.79 Å². The number of nitrogens with one attached hydrogen (secondary N) is 2. The molecular formula is C20H19ClN4O. The van der Waals surface area contributed by atoms with Gasteiger partial charge >= 0.3 is 0 Å². The molecule has 0 amide bonds. The van der Waals surface area contributed by atoms with E-state index in [0.717, 1.165) is 22.6 Å². The van der Waals surface area contributed by atoms with Crippen LogP contribution in [0.4, 0.5) is 23.1 Å². The highest BCUT2D eigenvalue weighted by Gasteiger charge is 2.07. The first kappa shape index (κ1) is 17.9. The minimum absolute atomic E-state index is 0.0133. The summed E-state index contributed by atoms with van der Waals surface area (Å²) in [6.45, 7) is 5.42. The van der Waals surface area contributed by atoms with Crippen molar-refractivity contribution >= 4 is 40.5 Å². The molecule has 3 rings (SSSR count). The Morgan fingerprint density at radius 1 is 1.00 bits per heavy atom. The third kappa shape index (κ3) is 4.37. The maximum atomic E-state index is 11.5. The highest BCUT2D eigenvalue weighted by molar-refractivity contribution is 6.30. The van der Waals surface area contributed by atoms with Gasteiger partial charge in [0, 0.05) is 33.7 Å².